The van der Waals surface area contributed by atoms with E-state index in [-0.39, 0.29) is 5.60 Å². The third-order valence-corrected chi connectivity index (χ3v) is 4.89. The lowest BCUT2D eigenvalue weighted by Crippen LogP contribution is -2.47. The first kappa shape index (κ1) is 23.9. The smallest absolute Gasteiger partial charge is 0.0598 e. The van der Waals surface area contributed by atoms with Gasteiger partial charge in [-0.25, -0.2) is 0 Å². The van der Waals surface area contributed by atoms with Crippen LogP contribution in [0.5, 0.6) is 0 Å². The highest BCUT2D eigenvalue weighted by Gasteiger charge is 2.17. The second-order valence-corrected chi connectivity index (χ2v) is 9.98. The molecule has 0 aliphatic carbocycles. The van der Waals surface area contributed by atoms with Crippen LogP contribution in [0.25, 0.3) is 0 Å². The van der Waals surface area contributed by atoms with Gasteiger partial charge in [-0.1, -0.05) is 20.8 Å². The largest absolute Gasteiger partial charge is 0.380 e. The highest BCUT2D eigenvalue weighted by atomic mass is 16.5. The molecule has 156 valence electrons. The molecular weight excluding hydrogens is 324 g/mol. The van der Waals surface area contributed by atoms with Crippen molar-refractivity contribution in [3.05, 3.63) is 0 Å². The van der Waals surface area contributed by atoms with Crippen LogP contribution >= 0.6 is 0 Å². The molecule has 0 saturated carbocycles. The lowest BCUT2D eigenvalue weighted by Gasteiger charge is -2.35. The summed E-state index contributed by atoms with van der Waals surface area (Å²) in [5.41, 5.74) is 0.464. The molecule has 4 nitrogen and oxygen atoms in total. The Hall–Kier alpha value is -0.160. The minimum Gasteiger partial charge on any atom is -0.380 e. The van der Waals surface area contributed by atoms with Gasteiger partial charge in [0.1, 0.15) is 0 Å². The molecule has 1 heterocycles. The lowest BCUT2D eigenvalue weighted by molar-refractivity contribution is -0.00548. The van der Waals surface area contributed by atoms with Gasteiger partial charge in [0.05, 0.1) is 12.2 Å². The van der Waals surface area contributed by atoms with Gasteiger partial charge in [0.15, 0.2) is 0 Å². The normalized spacial score (nSPS) is 17.8. The Morgan fingerprint density at radius 2 is 1.23 bits per heavy atom. The van der Waals surface area contributed by atoms with Crippen molar-refractivity contribution < 1.29 is 9.47 Å². The second-order valence-electron chi connectivity index (χ2n) is 9.98. The monoisotopic (exact) mass is 370 g/mol. The van der Waals surface area contributed by atoms with Crippen molar-refractivity contribution in [2.24, 2.45) is 5.41 Å². The first-order chi connectivity index (χ1) is 12.2. The maximum Gasteiger partial charge on any atom is 0.0598 e. The van der Waals surface area contributed by atoms with Crippen LogP contribution in [0.4, 0.5) is 0 Å². The van der Waals surface area contributed by atoms with E-state index in [1.165, 1.54) is 52.0 Å². The molecule has 0 aromatic heterocycles. The Bertz CT molecular complexity index is 339. The Kier molecular flexibility index (Phi) is 11.3. The summed E-state index contributed by atoms with van der Waals surface area (Å²) in [4.78, 5) is 5.18. The van der Waals surface area contributed by atoms with Crippen molar-refractivity contribution in [1.82, 2.24) is 9.80 Å². The molecule has 1 fully saturated rings. The van der Waals surface area contributed by atoms with Crippen molar-refractivity contribution in [2.75, 3.05) is 59.1 Å². The zero-order chi connectivity index (χ0) is 19.5. The quantitative estimate of drug-likeness (QED) is 0.474. The number of nitrogens with zero attached hydrogens (tertiary/aromatic N) is 2. The molecule has 0 bridgehead atoms. The van der Waals surface area contributed by atoms with Gasteiger partial charge in [0.25, 0.3) is 0 Å². The molecule has 0 N–H and O–H groups in total. The Morgan fingerprint density at radius 1 is 0.654 bits per heavy atom. The van der Waals surface area contributed by atoms with E-state index in [4.69, 9.17) is 9.47 Å². The molecule has 0 spiro atoms. The van der Waals surface area contributed by atoms with Crippen LogP contribution in [0.15, 0.2) is 0 Å². The first-order valence-corrected chi connectivity index (χ1v) is 10.8. The van der Waals surface area contributed by atoms with E-state index in [0.717, 1.165) is 39.2 Å². The summed E-state index contributed by atoms with van der Waals surface area (Å²) < 4.78 is 11.6. The molecular formula is C22H46N2O2. The van der Waals surface area contributed by atoms with E-state index in [1.807, 2.05) is 0 Å². The van der Waals surface area contributed by atoms with E-state index in [0.29, 0.717) is 5.41 Å². The van der Waals surface area contributed by atoms with Crippen molar-refractivity contribution in [3.63, 3.8) is 0 Å². The number of ether oxygens (including phenoxy) is 2. The molecule has 4 heteroatoms. The lowest BCUT2D eigenvalue weighted by atomic mass is 9.90. The SMILES string of the molecule is CC(C)(C)CCCN1CCN(CCOCCCCCOC(C)(C)C)CC1. The van der Waals surface area contributed by atoms with Gasteiger partial charge in [-0.15, -0.1) is 0 Å². The number of hydrogen-bond acceptors (Lipinski definition) is 4. The number of rotatable bonds is 12. The number of hydrogen-bond donors (Lipinski definition) is 0. The summed E-state index contributed by atoms with van der Waals surface area (Å²) in [7, 11) is 0. The Labute approximate surface area is 163 Å². The number of piperazine rings is 1. The molecule has 0 radical (unpaired) electrons. The molecule has 1 saturated heterocycles. The highest BCUT2D eigenvalue weighted by Crippen LogP contribution is 2.20. The molecule has 26 heavy (non-hydrogen) atoms. The zero-order valence-corrected chi connectivity index (χ0v) is 18.6. The van der Waals surface area contributed by atoms with Gasteiger partial charge in [-0.05, 0) is 64.8 Å². The van der Waals surface area contributed by atoms with E-state index in [1.54, 1.807) is 0 Å². The van der Waals surface area contributed by atoms with Crippen LogP contribution in [0, 0.1) is 5.41 Å². The standard InChI is InChI=1S/C22H46N2O2/c1-21(2,3)11-10-12-23-13-15-24(16-14-23)17-20-25-18-8-7-9-19-26-22(4,5)6/h7-20H2,1-6H3. The molecule has 0 unspecified atom stereocenters. The van der Waals surface area contributed by atoms with Crippen molar-refractivity contribution in [1.29, 1.82) is 0 Å². The third-order valence-electron chi connectivity index (χ3n) is 4.89. The molecule has 1 aliphatic heterocycles. The van der Waals surface area contributed by atoms with Gasteiger partial charge < -0.3 is 14.4 Å². The van der Waals surface area contributed by atoms with Crippen molar-refractivity contribution >= 4 is 0 Å². The summed E-state index contributed by atoms with van der Waals surface area (Å²) in [5, 5.41) is 0. The molecule has 0 atom stereocenters. The fourth-order valence-electron chi connectivity index (χ4n) is 3.23. The summed E-state index contributed by atoms with van der Waals surface area (Å²) in [5.74, 6) is 0. The third kappa shape index (κ3) is 14.0. The maximum absolute atomic E-state index is 5.82. The van der Waals surface area contributed by atoms with Crippen LogP contribution in [-0.2, 0) is 9.47 Å². The number of unbranched alkanes of at least 4 members (excludes halogenated alkanes) is 2. The minimum atomic E-state index is -0.00683. The highest BCUT2D eigenvalue weighted by molar-refractivity contribution is 4.72. The first-order valence-electron chi connectivity index (χ1n) is 10.8. The summed E-state index contributed by atoms with van der Waals surface area (Å²) >= 11 is 0. The van der Waals surface area contributed by atoms with Crippen LogP contribution in [-0.4, -0.2) is 74.5 Å². The van der Waals surface area contributed by atoms with Crippen LogP contribution in [0.3, 0.4) is 0 Å². The fourth-order valence-corrected chi connectivity index (χ4v) is 3.23. The van der Waals surface area contributed by atoms with Gasteiger partial charge in [0.2, 0.25) is 0 Å². The van der Waals surface area contributed by atoms with Gasteiger partial charge in [0, 0.05) is 45.9 Å². The van der Waals surface area contributed by atoms with E-state index >= 15 is 0 Å². The predicted molar refractivity (Wildman–Crippen MR) is 112 cm³/mol. The minimum absolute atomic E-state index is 0.00683. The fraction of sp³-hybridized carbons (Fsp3) is 1.00. The summed E-state index contributed by atoms with van der Waals surface area (Å²) in [6.45, 7) is 23.2. The van der Waals surface area contributed by atoms with E-state index in [9.17, 15) is 0 Å². The van der Waals surface area contributed by atoms with Gasteiger partial charge >= 0.3 is 0 Å². The van der Waals surface area contributed by atoms with Crippen molar-refractivity contribution in [2.45, 2.75) is 79.2 Å². The average Bonchev–Trinajstić information content (AvgIpc) is 2.52. The zero-order valence-electron chi connectivity index (χ0n) is 18.6. The molecule has 0 aromatic carbocycles. The Balaban J connectivity index is 1.89. The summed E-state index contributed by atoms with van der Waals surface area (Å²) in [6, 6.07) is 0. The molecule has 0 aromatic rings. The molecule has 0 amide bonds. The molecule has 1 rings (SSSR count). The van der Waals surface area contributed by atoms with E-state index < -0.39 is 0 Å². The average molecular weight is 371 g/mol. The Morgan fingerprint density at radius 3 is 1.81 bits per heavy atom. The van der Waals surface area contributed by atoms with Gasteiger partial charge in [-0.2, -0.15) is 0 Å². The molecule has 1 aliphatic rings. The maximum atomic E-state index is 5.82. The summed E-state index contributed by atoms with van der Waals surface area (Å²) in [6.07, 6.45) is 6.13. The topological polar surface area (TPSA) is 24.9 Å². The van der Waals surface area contributed by atoms with Crippen LogP contribution < -0.4 is 0 Å². The van der Waals surface area contributed by atoms with Gasteiger partial charge in [-0.3, -0.25) is 4.90 Å². The predicted octanol–water partition coefficient (Wildman–Crippen LogP) is 4.43. The van der Waals surface area contributed by atoms with Crippen LogP contribution in [0.2, 0.25) is 0 Å². The van der Waals surface area contributed by atoms with Crippen molar-refractivity contribution in [3.8, 4) is 0 Å². The second kappa shape index (κ2) is 12.3. The van der Waals surface area contributed by atoms with Crippen LogP contribution in [0.1, 0.15) is 73.6 Å². The van der Waals surface area contributed by atoms with E-state index in [2.05, 4.69) is 51.3 Å².